The predicted octanol–water partition coefficient (Wildman–Crippen LogP) is 4.01. The standard InChI is InChI=1S/C22H19ClN2O2/c23-15-6-7-19-16(9-15)17(10-20(24-19)13-4-2-1-3-5-13)22(27)25-11-14-8-21(26)18(14)12-25/h1-7,9-10,14,18,21,26H,8,11-12H2/t14-,18+,21-/m1/s1. The SMILES string of the molecule is O=C(c1cc(-c2ccccc2)nc2ccc(Cl)cc12)N1C[C@H]2C[C@@H](O)[C@H]2C1. The molecule has 1 N–H and O–H groups in total. The lowest BCUT2D eigenvalue weighted by Gasteiger charge is -2.34. The van der Waals surface area contributed by atoms with Gasteiger partial charge in [-0.25, -0.2) is 4.98 Å². The summed E-state index contributed by atoms with van der Waals surface area (Å²) in [6.07, 6.45) is 0.531. The van der Waals surface area contributed by atoms with Crippen LogP contribution >= 0.6 is 11.6 Å². The Balaban J connectivity index is 1.61. The van der Waals surface area contributed by atoms with Crippen molar-refractivity contribution in [1.29, 1.82) is 0 Å². The third-order valence-electron chi connectivity index (χ3n) is 5.89. The summed E-state index contributed by atoms with van der Waals surface area (Å²) in [5, 5.41) is 11.3. The van der Waals surface area contributed by atoms with Crippen molar-refractivity contribution in [3.05, 3.63) is 65.2 Å². The third kappa shape index (κ3) is 2.80. The van der Waals surface area contributed by atoms with Crippen LogP contribution in [0.25, 0.3) is 22.2 Å². The second-order valence-electron chi connectivity index (χ2n) is 7.52. The molecule has 0 unspecified atom stereocenters. The van der Waals surface area contributed by atoms with Crippen LogP contribution < -0.4 is 0 Å². The predicted molar refractivity (Wildman–Crippen MR) is 106 cm³/mol. The molecule has 5 heteroatoms. The molecule has 3 aromatic rings. The number of aliphatic hydroxyl groups is 1. The fourth-order valence-electron chi connectivity index (χ4n) is 4.34. The molecule has 1 aromatic heterocycles. The van der Waals surface area contributed by atoms with Gasteiger partial charge in [-0.2, -0.15) is 0 Å². The zero-order valence-corrected chi connectivity index (χ0v) is 15.4. The number of benzene rings is 2. The summed E-state index contributed by atoms with van der Waals surface area (Å²) in [5.74, 6) is 0.636. The molecule has 1 amide bonds. The number of hydrogen-bond donors (Lipinski definition) is 1. The number of hydrogen-bond acceptors (Lipinski definition) is 3. The van der Waals surface area contributed by atoms with Crippen molar-refractivity contribution >= 4 is 28.4 Å². The first-order chi connectivity index (χ1) is 13.1. The minimum atomic E-state index is -0.267. The maximum Gasteiger partial charge on any atom is 0.254 e. The molecule has 2 fully saturated rings. The monoisotopic (exact) mass is 378 g/mol. The fraction of sp³-hybridized carbons (Fsp3) is 0.273. The molecule has 27 heavy (non-hydrogen) atoms. The summed E-state index contributed by atoms with van der Waals surface area (Å²) >= 11 is 6.20. The van der Waals surface area contributed by atoms with Crippen molar-refractivity contribution in [2.24, 2.45) is 11.8 Å². The van der Waals surface area contributed by atoms with Crippen LogP contribution in [0, 0.1) is 11.8 Å². The van der Waals surface area contributed by atoms with Gasteiger partial charge in [0.2, 0.25) is 0 Å². The Bertz CT molecular complexity index is 1040. The largest absolute Gasteiger partial charge is 0.393 e. The normalized spacial score (nSPS) is 23.9. The first kappa shape index (κ1) is 16.7. The summed E-state index contributed by atoms with van der Waals surface area (Å²) in [7, 11) is 0. The Hall–Kier alpha value is -2.43. The van der Waals surface area contributed by atoms with E-state index < -0.39 is 0 Å². The average molecular weight is 379 g/mol. The number of rotatable bonds is 2. The van der Waals surface area contributed by atoms with Crippen molar-refractivity contribution in [3.63, 3.8) is 0 Å². The second-order valence-corrected chi connectivity index (χ2v) is 7.96. The molecule has 1 aliphatic carbocycles. The molecule has 136 valence electrons. The molecule has 4 nitrogen and oxygen atoms in total. The highest BCUT2D eigenvalue weighted by atomic mass is 35.5. The van der Waals surface area contributed by atoms with Gasteiger partial charge < -0.3 is 10.0 Å². The minimum Gasteiger partial charge on any atom is -0.393 e. The van der Waals surface area contributed by atoms with E-state index in [0.717, 1.165) is 28.6 Å². The number of amides is 1. The summed E-state index contributed by atoms with van der Waals surface area (Å²) in [5.41, 5.74) is 3.12. The third-order valence-corrected chi connectivity index (χ3v) is 6.12. The number of nitrogens with zero attached hydrogens (tertiary/aromatic N) is 2. The van der Waals surface area contributed by atoms with E-state index in [9.17, 15) is 9.90 Å². The Morgan fingerprint density at radius 3 is 2.67 bits per heavy atom. The maximum atomic E-state index is 13.4. The quantitative estimate of drug-likeness (QED) is 0.733. The zero-order chi connectivity index (χ0) is 18.5. The first-order valence-corrected chi connectivity index (χ1v) is 9.61. The van der Waals surface area contributed by atoms with E-state index in [0.29, 0.717) is 29.6 Å². The lowest BCUT2D eigenvalue weighted by molar-refractivity contribution is -0.00426. The highest BCUT2D eigenvalue weighted by Gasteiger charge is 2.47. The Morgan fingerprint density at radius 2 is 1.93 bits per heavy atom. The number of aliphatic hydroxyl groups excluding tert-OH is 1. The van der Waals surface area contributed by atoms with E-state index >= 15 is 0 Å². The van der Waals surface area contributed by atoms with E-state index in [1.54, 1.807) is 6.07 Å². The van der Waals surface area contributed by atoms with Gasteiger partial charge in [-0.1, -0.05) is 41.9 Å². The van der Waals surface area contributed by atoms with Crippen LogP contribution in [0.15, 0.2) is 54.6 Å². The number of pyridine rings is 1. The van der Waals surface area contributed by atoms with E-state index in [1.807, 2.05) is 53.4 Å². The number of carbonyl (C=O) groups is 1. The fourth-order valence-corrected chi connectivity index (χ4v) is 4.51. The molecule has 5 rings (SSSR count). The van der Waals surface area contributed by atoms with Crippen molar-refractivity contribution in [3.8, 4) is 11.3 Å². The smallest absolute Gasteiger partial charge is 0.254 e. The topological polar surface area (TPSA) is 53.4 Å². The summed E-state index contributed by atoms with van der Waals surface area (Å²) in [6, 6.07) is 17.2. The van der Waals surface area contributed by atoms with Crippen LogP contribution in [-0.2, 0) is 0 Å². The molecule has 3 atom stereocenters. The molecular formula is C22H19ClN2O2. The summed E-state index contributed by atoms with van der Waals surface area (Å²) in [4.78, 5) is 20.0. The van der Waals surface area contributed by atoms with E-state index in [-0.39, 0.29) is 17.9 Å². The van der Waals surface area contributed by atoms with Gasteiger partial charge in [0.15, 0.2) is 0 Å². The van der Waals surface area contributed by atoms with Crippen LogP contribution in [0.3, 0.4) is 0 Å². The molecule has 2 aromatic carbocycles. The van der Waals surface area contributed by atoms with Gasteiger partial charge in [-0.3, -0.25) is 4.79 Å². The molecule has 1 saturated heterocycles. The van der Waals surface area contributed by atoms with Crippen LogP contribution in [0.5, 0.6) is 0 Å². The summed E-state index contributed by atoms with van der Waals surface area (Å²) < 4.78 is 0. The highest BCUT2D eigenvalue weighted by molar-refractivity contribution is 6.31. The van der Waals surface area contributed by atoms with Gasteiger partial charge in [0.1, 0.15) is 0 Å². The Morgan fingerprint density at radius 1 is 1.11 bits per heavy atom. The Labute approximate surface area is 162 Å². The van der Waals surface area contributed by atoms with Gasteiger partial charge in [0.25, 0.3) is 5.91 Å². The number of fused-ring (bicyclic) bond motifs is 2. The maximum absolute atomic E-state index is 13.4. The number of aromatic nitrogens is 1. The lowest BCUT2D eigenvalue weighted by Crippen LogP contribution is -2.39. The van der Waals surface area contributed by atoms with Crippen LogP contribution in [0.1, 0.15) is 16.8 Å². The average Bonchev–Trinajstić information content (AvgIpc) is 3.04. The van der Waals surface area contributed by atoms with Crippen LogP contribution in [0.2, 0.25) is 5.02 Å². The number of carbonyl (C=O) groups excluding carboxylic acids is 1. The second kappa shape index (κ2) is 6.32. The van der Waals surface area contributed by atoms with E-state index in [2.05, 4.69) is 0 Å². The van der Waals surface area contributed by atoms with Gasteiger partial charge in [0, 0.05) is 35.0 Å². The molecule has 0 radical (unpaired) electrons. The minimum absolute atomic E-state index is 0.0107. The van der Waals surface area contributed by atoms with Gasteiger partial charge in [0.05, 0.1) is 22.9 Å². The molecular weight excluding hydrogens is 360 g/mol. The van der Waals surface area contributed by atoms with Gasteiger partial charge in [-0.15, -0.1) is 0 Å². The van der Waals surface area contributed by atoms with Crippen molar-refractivity contribution in [2.45, 2.75) is 12.5 Å². The molecule has 0 bridgehead atoms. The summed E-state index contributed by atoms with van der Waals surface area (Å²) in [6.45, 7) is 1.33. The van der Waals surface area contributed by atoms with Crippen LogP contribution in [0.4, 0.5) is 0 Å². The van der Waals surface area contributed by atoms with Crippen molar-refractivity contribution < 1.29 is 9.90 Å². The molecule has 1 saturated carbocycles. The van der Waals surface area contributed by atoms with Gasteiger partial charge in [-0.05, 0) is 36.6 Å². The molecule has 0 spiro atoms. The van der Waals surface area contributed by atoms with Gasteiger partial charge >= 0.3 is 0 Å². The van der Waals surface area contributed by atoms with E-state index in [4.69, 9.17) is 16.6 Å². The van der Waals surface area contributed by atoms with Crippen molar-refractivity contribution in [1.82, 2.24) is 9.88 Å². The van der Waals surface area contributed by atoms with Crippen LogP contribution in [-0.4, -0.2) is 40.1 Å². The first-order valence-electron chi connectivity index (χ1n) is 9.23. The van der Waals surface area contributed by atoms with Crippen molar-refractivity contribution in [2.75, 3.05) is 13.1 Å². The highest BCUT2D eigenvalue weighted by Crippen LogP contribution is 2.41. The Kier molecular flexibility index (Phi) is 3.92. The van der Waals surface area contributed by atoms with E-state index in [1.165, 1.54) is 0 Å². The zero-order valence-electron chi connectivity index (χ0n) is 14.7. The molecule has 2 heterocycles. The molecule has 2 aliphatic rings. The number of halogens is 1. The molecule has 1 aliphatic heterocycles. The number of likely N-dealkylation sites (tertiary alicyclic amines) is 1. The lowest BCUT2D eigenvalue weighted by atomic mass is 9.74.